The van der Waals surface area contributed by atoms with Gasteiger partial charge in [0.15, 0.2) is 5.82 Å². The number of nitrogens with two attached hydrogens (primary N) is 1. The van der Waals surface area contributed by atoms with Crippen molar-refractivity contribution in [3.63, 3.8) is 0 Å². The predicted molar refractivity (Wildman–Crippen MR) is 56.8 cm³/mol. The van der Waals surface area contributed by atoms with Gasteiger partial charge in [-0.3, -0.25) is 0 Å². The van der Waals surface area contributed by atoms with Crippen LogP contribution in [0.15, 0.2) is 30.5 Å². The molecule has 5 heteroatoms. The topological polar surface area (TPSA) is 51.8 Å². The van der Waals surface area contributed by atoms with Crippen LogP contribution in [0.2, 0.25) is 5.02 Å². The first-order valence-electron chi connectivity index (χ1n) is 4.21. The van der Waals surface area contributed by atoms with Crippen molar-refractivity contribution < 1.29 is 4.39 Å². The van der Waals surface area contributed by atoms with Gasteiger partial charge in [-0.2, -0.15) is 0 Å². The molecule has 2 N–H and O–H groups in total. The van der Waals surface area contributed by atoms with Crippen molar-refractivity contribution in [3.8, 4) is 11.4 Å². The van der Waals surface area contributed by atoms with Crippen LogP contribution in [0.5, 0.6) is 0 Å². The highest BCUT2D eigenvalue weighted by Gasteiger charge is 2.05. The Morgan fingerprint density at radius 2 is 2.13 bits per heavy atom. The van der Waals surface area contributed by atoms with Crippen LogP contribution in [0.4, 0.5) is 10.2 Å². The molecule has 15 heavy (non-hydrogen) atoms. The van der Waals surface area contributed by atoms with E-state index in [-0.39, 0.29) is 16.7 Å². The van der Waals surface area contributed by atoms with Gasteiger partial charge in [-0.05, 0) is 12.1 Å². The number of hydrogen-bond acceptors (Lipinski definition) is 3. The minimum absolute atomic E-state index is 0.186. The van der Waals surface area contributed by atoms with Crippen molar-refractivity contribution >= 4 is 17.4 Å². The molecule has 2 rings (SSSR count). The Kier molecular flexibility index (Phi) is 2.51. The van der Waals surface area contributed by atoms with E-state index in [1.54, 1.807) is 12.1 Å². The highest BCUT2D eigenvalue weighted by Crippen LogP contribution is 2.20. The monoisotopic (exact) mass is 223 g/mol. The maximum absolute atomic E-state index is 12.9. The third kappa shape index (κ3) is 2.05. The van der Waals surface area contributed by atoms with Gasteiger partial charge in [0.1, 0.15) is 16.7 Å². The van der Waals surface area contributed by atoms with Crippen LogP contribution in [-0.2, 0) is 0 Å². The second-order valence-corrected chi connectivity index (χ2v) is 3.34. The molecule has 0 atom stereocenters. The summed E-state index contributed by atoms with van der Waals surface area (Å²) in [4.78, 5) is 7.91. The Labute approximate surface area is 90.7 Å². The van der Waals surface area contributed by atoms with Crippen molar-refractivity contribution in [1.29, 1.82) is 0 Å². The zero-order valence-electron chi connectivity index (χ0n) is 7.61. The Morgan fingerprint density at radius 3 is 2.80 bits per heavy atom. The van der Waals surface area contributed by atoms with Crippen LogP contribution >= 0.6 is 11.6 Å². The van der Waals surface area contributed by atoms with E-state index < -0.39 is 0 Å². The molecule has 0 aliphatic rings. The minimum Gasteiger partial charge on any atom is -0.382 e. The molecule has 0 bridgehead atoms. The zero-order valence-corrected chi connectivity index (χ0v) is 8.37. The Hall–Kier alpha value is -1.68. The number of aromatic nitrogens is 2. The molecule has 1 aromatic carbocycles. The molecule has 0 aliphatic heterocycles. The summed E-state index contributed by atoms with van der Waals surface area (Å²) in [5.74, 6) is 0.201. The van der Waals surface area contributed by atoms with Crippen LogP contribution in [0.25, 0.3) is 11.4 Å². The largest absolute Gasteiger partial charge is 0.382 e. The summed E-state index contributed by atoms with van der Waals surface area (Å²) in [6, 6.07) is 5.97. The molecule has 0 unspecified atom stereocenters. The first-order chi connectivity index (χ1) is 7.16. The third-order valence-electron chi connectivity index (χ3n) is 1.85. The average molecular weight is 224 g/mol. The van der Waals surface area contributed by atoms with E-state index in [1.165, 1.54) is 18.3 Å². The molecule has 2 aromatic rings. The fraction of sp³-hybridized carbons (Fsp3) is 0. The Bertz CT molecular complexity index is 502. The molecule has 76 valence electrons. The van der Waals surface area contributed by atoms with Gasteiger partial charge >= 0.3 is 0 Å². The maximum atomic E-state index is 12.9. The molecule has 0 aliphatic carbocycles. The summed E-state index contributed by atoms with van der Waals surface area (Å²) in [5, 5.41) is 0.287. The van der Waals surface area contributed by atoms with Crippen molar-refractivity contribution in [2.75, 3.05) is 5.73 Å². The van der Waals surface area contributed by atoms with E-state index >= 15 is 0 Å². The first kappa shape index (κ1) is 9.86. The number of anilines is 1. The van der Waals surface area contributed by atoms with Gasteiger partial charge < -0.3 is 5.73 Å². The van der Waals surface area contributed by atoms with Gasteiger partial charge in [-0.15, -0.1) is 0 Å². The van der Waals surface area contributed by atoms with E-state index in [0.717, 1.165) is 0 Å². The summed E-state index contributed by atoms with van der Waals surface area (Å²) >= 11 is 5.68. The van der Waals surface area contributed by atoms with Crippen molar-refractivity contribution in [2.45, 2.75) is 0 Å². The van der Waals surface area contributed by atoms with Crippen molar-refractivity contribution in [3.05, 3.63) is 41.3 Å². The first-order valence-corrected chi connectivity index (χ1v) is 4.58. The second-order valence-electron chi connectivity index (χ2n) is 2.94. The number of hydrogen-bond donors (Lipinski definition) is 1. The maximum Gasteiger partial charge on any atom is 0.161 e. The molecular formula is C10H7ClFN3. The lowest BCUT2D eigenvalue weighted by molar-refractivity contribution is 0.628. The quantitative estimate of drug-likeness (QED) is 0.808. The van der Waals surface area contributed by atoms with Crippen LogP contribution in [0.3, 0.4) is 0 Å². The standard InChI is InChI=1S/C10H7ClFN3/c11-8-5-14-10(15-9(8)13)6-2-1-3-7(12)4-6/h1-5H,(H2,13,14,15). The molecule has 0 amide bonds. The van der Waals surface area contributed by atoms with Crippen LogP contribution in [-0.4, -0.2) is 9.97 Å². The fourth-order valence-electron chi connectivity index (χ4n) is 1.15. The van der Waals surface area contributed by atoms with Gasteiger partial charge in [0.25, 0.3) is 0 Å². The van der Waals surface area contributed by atoms with Crippen molar-refractivity contribution in [2.24, 2.45) is 0 Å². The molecule has 0 fully saturated rings. The highest BCUT2D eigenvalue weighted by molar-refractivity contribution is 6.32. The molecule has 1 aromatic heterocycles. The normalized spacial score (nSPS) is 10.3. The Morgan fingerprint density at radius 1 is 1.33 bits per heavy atom. The fourth-order valence-corrected chi connectivity index (χ4v) is 1.24. The van der Waals surface area contributed by atoms with Crippen LogP contribution < -0.4 is 5.73 Å². The molecule has 0 radical (unpaired) electrons. The van der Waals surface area contributed by atoms with Gasteiger partial charge in [-0.25, -0.2) is 14.4 Å². The average Bonchev–Trinajstić information content (AvgIpc) is 2.22. The zero-order chi connectivity index (χ0) is 10.8. The van der Waals surface area contributed by atoms with E-state index in [0.29, 0.717) is 11.4 Å². The second kappa shape index (κ2) is 3.82. The smallest absolute Gasteiger partial charge is 0.161 e. The van der Waals surface area contributed by atoms with Crippen LogP contribution in [0.1, 0.15) is 0 Å². The lowest BCUT2D eigenvalue weighted by Gasteiger charge is -2.01. The van der Waals surface area contributed by atoms with E-state index in [9.17, 15) is 4.39 Å². The van der Waals surface area contributed by atoms with Gasteiger partial charge in [0, 0.05) is 5.56 Å². The molecule has 1 heterocycles. The summed E-state index contributed by atoms with van der Waals surface area (Å²) < 4.78 is 12.9. The molecule has 3 nitrogen and oxygen atoms in total. The third-order valence-corrected chi connectivity index (χ3v) is 2.15. The summed E-state index contributed by atoms with van der Waals surface area (Å²) in [6.45, 7) is 0. The van der Waals surface area contributed by atoms with E-state index in [2.05, 4.69) is 9.97 Å². The van der Waals surface area contributed by atoms with Gasteiger partial charge in [-0.1, -0.05) is 23.7 Å². The molecule has 0 saturated carbocycles. The summed E-state index contributed by atoms with van der Waals surface area (Å²) in [7, 11) is 0. The predicted octanol–water partition coefficient (Wildman–Crippen LogP) is 2.52. The van der Waals surface area contributed by atoms with Gasteiger partial charge in [0.2, 0.25) is 0 Å². The minimum atomic E-state index is -0.343. The highest BCUT2D eigenvalue weighted by atomic mass is 35.5. The SMILES string of the molecule is Nc1nc(-c2cccc(F)c2)ncc1Cl. The number of nitrogen functional groups attached to an aromatic ring is 1. The number of halogens is 2. The summed E-state index contributed by atoms with van der Waals surface area (Å²) in [5.41, 5.74) is 6.09. The molecule has 0 spiro atoms. The lowest BCUT2D eigenvalue weighted by Crippen LogP contribution is -1.96. The Balaban J connectivity index is 2.50. The lowest BCUT2D eigenvalue weighted by atomic mass is 10.2. The van der Waals surface area contributed by atoms with Gasteiger partial charge in [0.05, 0.1) is 6.20 Å². The molecule has 0 saturated heterocycles. The van der Waals surface area contributed by atoms with E-state index in [1.807, 2.05) is 0 Å². The number of nitrogens with zero attached hydrogens (tertiary/aromatic N) is 2. The van der Waals surface area contributed by atoms with Crippen molar-refractivity contribution in [1.82, 2.24) is 9.97 Å². The van der Waals surface area contributed by atoms with Crippen LogP contribution in [0, 0.1) is 5.82 Å². The van der Waals surface area contributed by atoms with E-state index in [4.69, 9.17) is 17.3 Å². The number of rotatable bonds is 1. The molecular weight excluding hydrogens is 217 g/mol. The summed E-state index contributed by atoms with van der Waals surface area (Å²) in [6.07, 6.45) is 1.39. The number of benzene rings is 1.